The standard InChI is InChI=1S/C27H30N4O2/c1-33-26-8-4-6-23-22(11-14-28-27(23)26)25(32)18-31-15-12-20(13-16-31)29-17-21-10-9-19-5-2-3-7-24(19)30-21/h2-11,14,20,25,29,32H,12-13,15-18H2,1H3/t25-/m0/s1. The largest absolute Gasteiger partial charge is 0.494 e. The van der Waals surface area contributed by atoms with Crippen molar-refractivity contribution in [1.29, 1.82) is 0 Å². The molecule has 3 heterocycles. The monoisotopic (exact) mass is 442 g/mol. The fourth-order valence-electron chi connectivity index (χ4n) is 4.74. The van der Waals surface area contributed by atoms with Gasteiger partial charge in [0, 0.05) is 36.1 Å². The van der Waals surface area contributed by atoms with E-state index in [2.05, 4.69) is 39.5 Å². The van der Waals surface area contributed by atoms with Crippen LogP contribution in [0.25, 0.3) is 21.8 Å². The predicted octanol–water partition coefficient (Wildman–Crippen LogP) is 4.08. The maximum atomic E-state index is 11.0. The number of methoxy groups -OCH3 is 1. The van der Waals surface area contributed by atoms with Gasteiger partial charge < -0.3 is 20.1 Å². The molecule has 0 radical (unpaired) electrons. The van der Waals surface area contributed by atoms with E-state index in [9.17, 15) is 5.11 Å². The number of benzene rings is 2. The Morgan fingerprint density at radius 3 is 2.76 bits per heavy atom. The fraction of sp³-hybridized carbons (Fsp3) is 0.333. The van der Waals surface area contributed by atoms with E-state index in [1.165, 1.54) is 5.39 Å². The lowest BCUT2D eigenvalue weighted by Gasteiger charge is -2.33. The SMILES string of the molecule is COc1cccc2c([C@@H](O)CN3CCC(NCc4ccc5ccccc5n4)CC3)ccnc12. The third kappa shape index (κ3) is 4.83. The summed E-state index contributed by atoms with van der Waals surface area (Å²) in [6.45, 7) is 3.33. The van der Waals surface area contributed by atoms with Gasteiger partial charge in [0.1, 0.15) is 11.3 Å². The van der Waals surface area contributed by atoms with Gasteiger partial charge in [-0.2, -0.15) is 0 Å². The fourth-order valence-corrected chi connectivity index (χ4v) is 4.74. The molecule has 0 amide bonds. The van der Waals surface area contributed by atoms with Crippen LogP contribution in [0.3, 0.4) is 0 Å². The molecule has 1 aliphatic rings. The van der Waals surface area contributed by atoms with Gasteiger partial charge in [0.15, 0.2) is 0 Å². The maximum Gasteiger partial charge on any atom is 0.145 e. The number of β-amino-alcohol motifs (C(OH)–C–C–N with tert-alkyl or cyclic N) is 1. The van der Waals surface area contributed by atoms with Gasteiger partial charge in [-0.1, -0.05) is 36.4 Å². The third-order valence-electron chi connectivity index (χ3n) is 6.59. The van der Waals surface area contributed by atoms with Crippen molar-refractivity contribution in [3.8, 4) is 5.75 Å². The summed E-state index contributed by atoms with van der Waals surface area (Å²) in [5.41, 5.74) is 3.82. The van der Waals surface area contributed by atoms with Crippen LogP contribution >= 0.6 is 0 Å². The molecule has 0 spiro atoms. The summed E-state index contributed by atoms with van der Waals surface area (Å²) in [4.78, 5) is 11.6. The van der Waals surface area contributed by atoms with Crippen molar-refractivity contribution in [3.63, 3.8) is 0 Å². The zero-order valence-electron chi connectivity index (χ0n) is 18.9. The molecule has 0 saturated carbocycles. The van der Waals surface area contributed by atoms with E-state index in [0.717, 1.165) is 65.9 Å². The zero-order valence-corrected chi connectivity index (χ0v) is 18.9. The van der Waals surface area contributed by atoms with Crippen molar-refractivity contribution in [2.75, 3.05) is 26.7 Å². The lowest BCUT2D eigenvalue weighted by molar-refractivity contribution is 0.0948. The average Bonchev–Trinajstić information content (AvgIpc) is 2.87. The Bertz CT molecular complexity index is 1240. The average molecular weight is 443 g/mol. The molecule has 1 aliphatic heterocycles. The van der Waals surface area contributed by atoms with E-state index >= 15 is 0 Å². The van der Waals surface area contributed by atoms with E-state index in [1.54, 1.807) is 13.3 Å². The second-order valence-electron chi connectivity index (χ2n) is 8.72. The number of para-hydroxylation sites is 2. The number of nitrogens with one attached hydrogen (secondary N) is 1. The molecule has 33 heavy (non-hydrogen) atoms. The number of aliphatic hydroxyl groups excluding tert-OH is 1. The van der Waals surface area contributed by atoms with E-state index < -0.39 is 6.10 Å². The van der Waals surface area contributed by atoms with Crippen molar-refractivity contribution in [1.82, 2.24) is 20.2 Å². The second kappa shape index (κ2) is 9.83. The minimum Gasteiger partial charge on any atom is -0.494 e. The summed E-state index contributed by atoms with van der Waals surface area (Å²) in [5.74, 6) is 0.731. The Morgan fingerprint density at radius 2 is 1.91 bits per heavy atom. The lowest BCUT2D eigenvalue weighted by Crippen LogP contribution is -2.43. The van der Waals surface area contributed by atoms with Crippen molar-refractivity contribution in [2.24, 2.45) is 0 Å². The number of piperidine rings is 1. The van der Waals surface area contributed by atoms with E-state index in [-0.39, 0.29) is 0 Å². The smallest absolute Gasteiger partial charge is 0.145 e. The van der Waals surface area contributed by atoms with Crippen LogP contribution in [-0.4, -0.2) is 52.8 Å². The first kappa shape index (κ1) is 21.8. The van der Waals surface area contributed by atoms with E-state index in [4.69, 9.17) is 9.72 Å². The van der Waals surface area contributed by atoms with Crippen LogP contribution < -0.4 is 10.1 Å². The number of likely N-dealkylation sites (tertiary alicyclic amines) is 1. The molecular weight excluding hydrogens is 412 g/mol. The van der Waals surface area contributed by atoms with Gasteiger partial charge in [0.25, 0.3) is 0 Å². The van der Waals surface area contributed by atoms with Crippen molar-refractivity contribution in [3.05, 3.63) is 78.1 Å². The molecule has 0 bridgehead atoms. The van der Waals surface area contributed by atoms with Gasteiger partial charge >= 0.3 is 0 Å². The molecule has 1 fully saturated rings. The van der Waals surface area contributed by atoms with Crippen LogP contribution in [0.5, 0.6) is 5.75 Å². The molecule has 4 aromatic rings. The molecule has 1 atom stereocenters. The highest BCUT2D eigenvalue weighted by atomic mass is 16.5. The first-order valence-corrected chi connectivity index (χ1v) is 11.6. The van der Waals surface area contributed by atoms with Crippen LogP contribution in [0, 0.1) is 0 Å². The van der Waals surface area contributed by atoms with Crippen LogP contribution in [0.15, 0.2) is 66.9 Å². The Morgan fingerprint density at radius 1 is 1.06 bits per heavy atom. The Hall–Kier alpha value is -3.06. The normalized spacial score (nSPS) is 16.3. The van der Waals surface area contributed by atoms with Crippen molar-refractivity contribution >= 4 is 21.8 Å². The Labute approximate surface area is 194 Å². The molecule has 2 aromatic heterocycles. The number of aromatic nitrogens is 2. The molecule has 0 aliphatic carbocycles. The van der Waals surface area contributed by atoms with Gasteiger partial charge in [-0.3, -0.25) is 9.97 Å². The van der Waals surface area contributed by atoms with Gasteiger partial charge in [-0.25, -0.2) is 0 Å². The van der Waals surface area contributed by atoms with E-state index in [1.807, 2.05) is 36.4 Å². The maximum absolute atomic E-state index is 11.0. The number of pyridine rings is 2. The van der Waals surface area contributed by atoms with Crippen LogP contribution in [0.1, 0.15) is 30.2 Å². The summed E-state index contributed by atoms with van der Waals surface area (Å²) in [6.07, 6.45) is 3.31. The van der Waals surface area contributed by atoms with Crippen LogP contribution in [0.2, 0.25) is 0 Å². The Kier molecular flexibility index (Phi) is 6.48. The molecule has 1 saturated heterocycles. The summed E-state index contributed by atoms with van der Waals surface area (Å²) in [5, 5.41) is 16.8. The first-order chi connectivity index (χ1) is 16.2. The zero-order chi connectivity index (χ0) is 22.6. The summed E-state index contributed by atoms with van der Waals surface area (Å²) < 4.78 is 5.43. The number of ether oxygens (including phenoxy) is 1. The number of hydrogen-bond acceptors (Lipinski definition) is 6. The minimum absolute atomic E-state index is 0.470. The van der Waals surface area contributed by atoms with Crippen molar-refractivity contribution < 1.29 is 9.84 Å². The summed E-state index contributed by atoms with van der Waals surface area (Å²) >= 11 is 0. The second-order valence-corrected chi connectivity index (χ2v) is 8.72. The third-order valence-corrected chi connectivity index (χ3v) is 6.59. The predicted molar refractivity (Wildman–Crippen MR) is 131 cm³/mol. The number of nitrogens with zero attached hydrogens (tertiary/aromatic N) is 3. The highest BCUT2D eigenvalue weighted by molar-refractivity contribution is 5.87. The molecule has 6 nitrogen and oxygen atoms in total. The van der Waals surface area contributed by atoms with Crippen molar-refractivity contribution in [2.45, 2.75) is 31.5 Å². The molecule has 2 aromatic carbocycles. The highest BCUT2D eigenvalue weighted by Crippen LogP contribution is 2.29. The van der Waals surface area contributed by atoms with Gasteiger partial charge in [-0.15, -0.1) is 0 Å². The van der Waals surface area contributed by atoms with Gasteiger partial charge in [-0.05, 0) is 55.8 Å². The lowest BCUT2D eigenvalue weighted by atomic mass is 10.0. The quantitative estimate of drug-likeness (QED) is 0.450. The minimum atomic E-state index is -0.561. The van der Waals surface area contributed by atoms with Gasteiger partial charge in [0.05, 0.1) is 24.4 Å². The molecule has 0 unspecified atom stereocenters. The summed E-state index contributed by atoms with van der Waals surface area (Å²) in [6, 6.07) is 20.7. The number of aliphatic hydroxyl groups is 1. The molecule has 6 heteroatoms. The molecular formula is C27H30N4O2. The number of rotatable bonds is 7. The molecule has 170 valence electrons. The highest BCUT2D eigenvalue weighted by Gasteiger charge is 2.22. The molecule has 2 N–H and O–H groups in total. The topological polar surface area (TPSA) is 70.5 Å². The van der Waals surface area contributed by atoms with Gasteiger partial charge in [0.2, 0.25) is 0 Å². The van der Waals surface area contributed by atoms with E-state index in [0.29, 0.717) is 12.6 Å². The number of fused-ring (bicyclic) bond motifs is 2. The van der Waals surface area contributed by atoms with Crippen LogP contribution in [0.4, 0.5) is 0 Å². The molecule has 5 rings (SSSR count). The number of hydrogen-bond donors (Lipinski definition) is 2. The first-order valence-electron chi connectivity index (χ1n) is 11.6. The Balaban J connectivity index is 1.16. The van der Waals surface area contributed by atoms with Crippen LogP contribution in [-0.2, 0) is 6.54 Å². The summed E-state index contributed by atoms with van der Waals surface area (Å²) in [7, 11) is 1.65.